The molecule has 94 valence electrons. The minimum Gasteiger partial charge on any atom is -0.398 e. The van der Waals surface area contributed by atoms with Crippen molar-refractivity contribution in [1.82, 2.24) is 0 Å². The molecule has 1 unspecified atom stereocenters. The number of hydrogen-bond acceptors (Lipinski definition) is 2. The van der Waals surface area contributed by atoms with Crippen molar-refractivity contribution in [2.24, 2.45) is 0 Å². The van der Waals surface area contributed by atoms with Gasteiger partial charge in [-0.05, 0) is 30.2 Å². The van der Waals surface area contributed by atoms with Gasteiger partial charge >= 0.3 is 0 Å². The summed E-state index contributed by atoms with van der Waals surface area (Å²) in [6.45, 7) is 1.92. The zero-order chi connectivity index (χ0) is 13.2. The molecule has 0 heterocycles. The van der Waals surface area contributed by atoms with Crippen LogP contribution in [-0.2, 0) is 5.60 Å². The lowest BCUT2D eigenvalue weighted by atomic mass is 9.83. The molecule has 0 fully saturated rings. The van der Waals surface area contributed by atoms with Gasteiger partial charge in [-0.3, -0.25) is 0 Å². The van der Waals surface area contributed by atoms with E-state index in [0.29, 0.717) is 22.7 Å². The summed E-state index contributed by atoms with van der Waals surface area (Å²) in [6, 6.07) is 14.7. The quantitative estimate of drug-likeness (QED) is 0.830. The summed E-state index contributed by atoms with van der Waals surface area (Å²) in [4.78, 5) is 0. The first-order valence-corrected chi connectivity index (χ1v) is 6.29. The van der Waals surface area contributed by atoms with Crippen LogP contribution in [0.15, 0.2) is 48.5 Å². The third-order valence-corrected chi connectivity index (χ3v) is 3.46. The molecule has 2 nitrogen and oxygen atoms in total. The fourth-order valence-electron chi connectivity index (χ4n) is 2.15. The van der Waals surface area contributed by atoms with Crippen molar-refractivity contribution < 1.29 is 5.11 Å². The van der Waals surface area contributed by atoms with E-state index in [-0.39, 0.29) is 0 Å². The van der Waals surface area contributed by atoms with Crippen LogP contribution < -0.4 is 5.73 Å². The molecule has 18 heavy (non-hydrogen) atoms. The first-order chi connectivity index (χ1) is 8.58. The number of aliphatic hydroxyl groups is 1. The number of halogens is 1. The normalized spacial score (nSPS) is 14.2. The van der Waals surface area contributed by atoms with E-state index in [1.807, 2.05) is 37.3 Å². The summed E-state index contributed by atoms with van der Waals surface area (Å²) < 4.78 is 0. The van der Waals surface area contributed by atoms with Crippen molar-refractivity contribution in [3.63, 3.8) is 0 Å². The average molecular weight is 262 g/mol. The third-order valence-electron chi connectivity index (χ3n) is 3.22. The van der Waals surface area contributed by atoms with Gasteiger partial charge in [0.2, 0.25) is 0 Å². The molecule has 0 aromatic heterocycles. The maximum atomic E-state index is 10.9. The fraction of sp³-hybridized carbons (Fsp3) is 0.200. The van der Waals surface area contributed by atoms with Gasteiger partial charge in [-0.2, -0.15) is 0 Å². The fourth-order valence-corrected chi connectivity index (χ4v) is 2.32. The summed E-state index contributed by atoms with van der Waals surface area (Å²) in [5.41, 5.74) is 6.89. The second kappa shape index (κ2) is 5.01. The summed E-state index contributed by atoms with van der Waals surface area (Å²) in [7, 11) is 0. The SMILES string of the molecule is CCC(O)(c1ccccc1)c1cc(Cl)ccc1N. The molecular weight excluding hydrogens is 246 g/mol. The van der Waals surface area contributed by atoms with Crippen LogP contribution in [0.2, 0.25) is 5.02 Å². The Labute approximate surface area is 112 Å². The Morgan fingerprint density at radius 1 is 1.17 bits per heavy atom. The smallest absolute Gasteiger partial charge is 0.116 e. The van der Waals surface area contributed by atoms with Crippen LogP contribution in [0.1, 0.15) is 24.5 Å². The first kappa shape index (κ1) is 12.9. The molecule has 2 aromatic carbocycles. The highest BCUT2D eigenvalue weighted by atomic mass is 35.5. The second-order valence-corrected chi connectivity index (χ2v) is 4.75. The van der Waals surface area contributed by atoms with Gasteiger partial charge in [-0.15, -0.1) is 0 Å². The van der Waals surface area contributed by atoms with Crippen molar-refractivity contribution in [3.05, 3.63) is 64.7 Å². The highest BCUT2D eigenvalue weighted by Crippen LogP contribution is 2.37. The van der Waals surface area contributed by atoms with Gasteiger partial charge in [0.1, 0.15) is 5.60 Å². The van der Waals surface area contributed by atoms with Crippen LogP contribution in [0, 0.1) is 0 Å². The van der Waals surface area contributed by atoms with Crippen molar-refractivity contribution in [2.75, 3.05) is 5.73 Å². The van der Waals surface area contributed by atoms with Crippen molar-refractivity contribution in [2.45, 2.75) is 18.9 Å². The number of benzene rings is 2. The Morgan fingerprint density at radius 2 is 1.83 bits per heavy atom. The highest BCUT2D eigenvalue weighted by molar-refractivity contribution is 6.30. The minimum absolute atomic E-state index is 0.529. The van der Waals surface area contributed by atoms with Crippen LogP contribution in [0.4, 0.5) is 5.69 Å². The molecule has 0 amide bonds. The van der Waals surface area contributed by atoms with E-state index in [9.17, 15) is 5.11 Å². The molecule has 0 saturated heterocycles. The van der Waals surface area contributed by atoms with Crippen LogP contribution in [0.25, 0.3) is 0 Å². The monoisotopic (exact) mass is 261 g/mol. The van der Waals surface area contributed by atoms with Crippen LogP contribution in [0.5, 0.6) is 0 Å². The van der Waals surface area contributed by atoms with Crippen molar-refractivity contribution in [3.8, 4) is 0 Å². The zero-order valence-corrected chi connectivity index (χ0v) is 11.0. The van der Waals surface area contributed by atoms with Gasteiger partial charge in [0, 0.05) is 16.3 Å². The van der Waals surface area contributed by atoms with Crippen molar-refractivity contribution in [1.29, 1.82) is 0 Å². The van der Waals surface area contributed by atoms with E-state index in [2.05, 4.69) is 0 Å². The van der Waals surface area contributed by atoms with Crippen LogP contribution in [0.3, 0.4) is 0 Å². The van der Waals surface area contributed by atoms with E-state index < -0.39 is 5.60 Å². The van der Waals surface area contributed by atoms with Crippen LogP contribution >= 0.6 is 11.6 Å². The van der Waals surface area contributed by atoms with Gasteiger partial charge in [0.05, 0.1) is 0 Å². The molecule has 0 saturated carbocycles. The molecular formula is C15H16ClNO. The molecule has 0 spiro atoms. The third kappa shape index (κ3) is 2.22. The van der Waals surface area contributed by atoms with Gasteiger partial charge < -0.3 is 10.8 Å². The molecule has 0 radical (unpaired) electrons. The lowest BCUT2D eigenvalue weighted by Gasteiger charge is -2.29. The average Bonchev–Trinajstić information content (AvgIpc) is 2.41. The minimum atomic E-state index is -1.10. The molecule has 1 atom stereocenters. The summed E-state index contributed by atoms with van der Waals surface area (Å²) in [5.74, 6) is 0. The summed E-state index contributed by atoms with van der Waals surface area (Å²) in [5, 5.41) is 11.5. The predicted octanol–water partition coefficient (Wildman–Crippen LogP) is 3.57. The number of nitrogen functional groups attached to an aromatic ring is 1. The van der Waals surface area contributed by atoms with Crippen LogP contribution in [-0.4, -0.2) is 5.11 Å². The Bertz CT molecular complexity index is 541. The first-order valence-electron chi connectivity index (χ1n) is 5.91. The number of anilines is 1. The molecule has 0 aliphatic rings. The van der Waals surface area contributed by atoms with Crippen molar-refractivity contribution >= 4 is 17.3 Å². The lowest BCUT2D eigenvalue weighted by Crippen LogP contribution is -2.27. The molecule has 0 aliphatic carbocycles. The molecule has 2 aromatic rings. The molecule has 0 bridgehead atoms. The maximum Gasteiger partial charge on any atom is 0.116 e. The van der Waals surface area contributed by atoms with Gasteiger partial charge in [-0.1, -0.05) is 48.9 Å². The highest BCUT2D eigenvalue weighted by Gasteiger charge is 2.31. The van der Waals surface area contributed by atoms with E-state index >= 15 is 0 Å². The largest absolute Gasteiger partial charge is 0.398 e. The maximum absolute atomic E-state index is 10.9. The van der Waals surface area contributed by atoms with E-state index in [0.717, 1.165) is 5.56 Å². The van der Waals surface area contributed by atoms with E-state index in [4.69, 9.17) is 17.3 Å². The molecule has 2 rings (SSSR count). The number of hydrogen-bond donors (Lipinski definition) is 2. The Kier molecular flexibility index (Phi) is 3.60. The Balaban J connectivity index is 2.60. The molecule has 3 N–H and O–H groups in total. The van der Waals surface area contributed by atoms with Gasteiger partial charge in [0.15, 0.2) is 0 Å². The zero-order valence-electron chi connectivity index (χ0n) is 10.2. The summed E-state index contributed by atoms with van der Waals surface area (Å²) >= 11 is 6.00. The lowest BCUT2D eigenvalue weighted by molar-refractivity contribution is 0.0773. The van der Waals surface area contributed by atoms with Gasteiger partial charge in [0.25, 0.3) is 0 Å². The second-order valence-electron chi connectivity index (χ2n) is 4.31. The molecule has 3 heteroatoms. The van der Waals surface area contributed by atoms with E-state index in [1.165, 1.54) is 0 Å². The topological polar surface area (TPSA) is 46.2 Å². The molecule has 0 aliphatic heterocycles. The Morgan fingerprint density at radius 3 is 2.44 bits per heavy atom. The standard InChI is InChI=1S/C15H16ClNO/c1-2-15(18,11-6-4-3-5-7-11)13-10-12(16)8-9-14(13)17/h3-10,18H,2,17H2,1H3. The number of rotatable bonds is 3. The van der Waals surface area contributed by atoms with E-state index in [1.54, 1.807) is 18.2 Å². The number of nitrogens with two attached hydrogens (primary N) is 1. The Hall–Kier alpha value is -1.51. The summed E-state index contributed by atoms with van der Waals surface area (Å²) in [6.07, 6.45) is 0.529. The predicted molar refractivity (Wildman–Crippen MR) is 75.6 cm³/mol. The van der Waals surface area contributed by atoms with Gasteiger partial charge in [-0.25, -0.2) is 0 Å².